The van der Waals surface area contributed by atoms with E-state index in [4.69, 9.17) is 5.11 Å². The first-order valence-corrected chi connectivity index (χ1v) is 4.94. The van der Waals surface area contributed by atoms with Crippen LogP contribution in [-0.2, 0) is 0 Å². The summed E-state index contributed by atoms with van der Waals surface area (Å²) < 4.78 is 0. The van der Waals surface area contributed by atoms with E-state index in [1.807, 2.05) is 13.8 Å². The summed E-state index contributed by atoms with van der Waals surface area (Å²) >= 11 is 0. The molecular formula is C12H21NO3. The lowest BCUT2D eigenvalue weighted by atomic mass is 10.1. The quantitative estimate of drug-likeness (QED) is 0.591. The fourth-order valence-electron chi connectivity index (χ4n) is 1.21. The summed E-state index contributed by atoms with van der Waals surface area (Å²) in [5.41, 5.74) is 0.582. The average molecular weight is 227 g/mol. The molecule has 1 aromatic rings. The van der Waals surface area contributed by atoms with Crippen molar-refractivity contribution in [3.63, 3.8) is 0 Å². The number of rotatable bonds is 4. The summed E-state index contributed by atoms with van der Waals surface area (Å²) in [6.07, 6.45) is -0.682. The van der Waals surface area contributed by atoms with Gasteiger partial charge in [0.25, 0.3) is 0 Å². The molecule has 0 radical (unpaired) electrons. The molecule has 16 heavy (non-hydrogen) atoms. The zero-order valence-electron chi connectivity index (χ0n) is 8.94. The van der Waals surface area contributed by atoms with Gasteiger partial charge in [0, 0.05) is 12.6 Å². The van der Waals surface area contributed by atoms with Gasteiger partial charge >= 0.3 is 0 Å². The van der Waals surface area contributed by atoms with Crippen LogP contribution in [0.2, 0.25) is 0 Å². The van der Waals surface area contributed by atoms with Crippen molar-refractivity contribution < 1.29 is 15.3 Å². The molecule has 1 atom stereocenters. The van der Waals surface area contributed by atoms with Crippen molar-refractivity contribution in [2.45, 2.75) is 33.4 Å². The number of phenols is 2. The van der Waals surface area contributed by atoms with E-state index < -0.39 is 6.10 Å². The minimum atomic E-state index is -0.682. The molecule has 0 saturated carbocycles. The number of hydrogen-bond acceptors (Lipinski definition) is 4. The minimum Gasteiger partial charge on any atom is -0.504 e. The van der Waals surface area contributed by atoms with E-state index >= 15 is 0 Å². The molecule has 0 aliphatic rings. The van der Waals surface area contributed by atoms with E-state index in [-0.39, 0.29) is 18.9 Å². The molecule has 0 bridgehead atoms. The Kier molecular flexibility index (Phi) is 5.85. The molecule has 4 nitrogen and oxygen atoms in total. The highest BCUT2D eigenvalue weighted by atomic mass is 16.3. The normalized spacial score (nSPS) is 12.2. The molecule has 0 aromatic heterocycles. The summed E-state index contributed by atoms with van der Waals surface area (Å²) in [6, 6.07) is 4.61. The smallest absolute Gasteiger partial charge is 0.157 e. The number of aliphatic hydroxyl groups excluding tert-OH is 1. The molecule has 0 unspecified atom stereocenters. The van der Waals surface area contributed by atoms with Crippen LogP contribution in [0.3, 0.4) is 0 Å². The van der Waals surface area contributed by atoms with Gasteiger partial charge < -0.3 is 20.6 Å². The topological polar surface area (TPSA) is 72.7 Å². The van der Waals surface area contributed by atoms with Crippen LogP contribution in [0.5, 0.6) is 11.5 Å². The zero-order chi connectivity index (χ0) is 11.4. The standard InChI is InChI=1S/C11H17NO3.CH4/c1-7(2)12-6-11(15)8-3-4-9(13)10(14)5-8;/h3-5,7,11-15H,6H2,1-2H3;1H4/t11-;/m0./s1. The first-order chi connectivity index (χ1) is 7.00. The van der Waals surface area contributed by atoms with Gasteiger partial charge in [0.05, 0.1) is 6.10 Å². The van der Waals surface area contributed by atoms with Gasteiger partial charge in [-0.15, -0.1) is 0 Å². The Balaban J connectivity index is 0.00000225. The van der Waals surface area contributed by atoms with Crippen LogP contribution in [0.4, 0.5) is 0 Å². The van der Waals surface area contributed by atoms with Gasteiger partial charge in [0.15, 0.2) is 11.5 Å². The Morgan fingerprint density at radius 3 is 2.31 bits per heavy atom. The van der Waals surface area contributed by atoms with Crippen molar-refractivity contribution in [3.8, 4) is 11.5 Å². The molecule has 1 rings (SSSR count). The third-order valence-corrected chi connectivity index (χ3v) is 2.10. The van der Waals surface area contributed by atoms with E-state index in [0.29, 0.717) is 18.2 Å². The Morgan fingerprint density at radius 2 is 1.81 bits per heavy atom. The van der Waals surface area contributed by atoms with Gasteiger partial charge in [-0.1, -0.05) is 27.3 Å². The number of aliphatic hydroxyl groups is 1. The fourth-order valence-corrected chi connectivity index (χ4v) is 1.21. The second kappa shape index (κ2) is 6.35. The van der Waals surface area contributed by atoms with Gasteiger partial charge in [0.2, 0.25) is 0 Å². The third kappa shape index (κ3) is 4.08. The molecule has 0 fully saturated rings. The largest absolute Gasteiger partial charge is 0.504 e. The average Bonchev–Trinajstić information content (AvgIpc) is 2.18. The second-order valence-corrected chi connectivity index (χ2v) is 3.83. The summed E-state index contributed by atoms with van der Waals surface area (Å²) in [7, 11) is 0. The predicted molar refractivity (Wildman–Crippen MR) is 64.6 cm³/mol. The molecule has 1 aromatic carbocycles. The molecule has 0 aliphatic carbocycles. The Bertz CT molecular complexity index is 326. The van der Waals surface area contributed by atoms with Gasteiger partial charge in [0.1, 0.15) is 0 Å². The maximum absolute atomic E-state index is 9.73. The Morgan fingerprint density at radius 1 is 1.19 bits per heavy atom. The number of benzene rings is 1. The molecule has 0 amide bonds. The third-order valence-electron chi connectivity index (χ3n) is 2.10. The fraction of sp³-hybridized carbons (Fsp3) is 0.500. The van der Waals surface area contributed by atoms with E-state index in [1.165, 1.54) is 12.1 Å². The van der Waals surface area contributed by atoms with Crippen molar-refractivity contribution in [1.82, 2.24) is 5.32 Å². The lowest BCUT2D eigenvalue weighted by molar-refractivity contribution is 0.171. The Hall–Kier alpha value is -1.26. The van der Waals surface area contributed by atoms with Gasteiger partial charge in [-0.3, -0.25) is 0 Å². The summed E-state index contributed by atoms with van der Waals surface area (Å²) in [4.78, 5) is 0. The number of hydrogen-bond donors (Lipinski definition) is 4. The summed E-state index contributed by atoms with van der Waals surface area (Å²) in [5, 5.41) is 31.2. The number of phenolic OH excluding ortho intramolecular Hbond substituents is 2. The molecular weight excluding hydrogens is 206 g/mol. The zero-order valence-corrected chi connectivity index (χ0v) is 8.94. The molecule has 92 valence electrons. The van der Waals surface area contributed by atoms with Crippen molar-refractivity contribution in [1.29, 1.82) is 0 Å². The van der Waals surface area contributed by atoms with E-state index in [2.05, 4.69) is 5.32 Å². The highest BCUT2D eigenvalue weighted by molar-refractivity contribution is 5.41. The van der Waals surface area contributed by atoms with Crippen molar-refractivity contribution >= 4 is 0 Å². The summed E-state index contributed by atoms with van der Waals surface area (Å²) in [5.74, 6) is -0.390. The first-order valence-electron chi connectivity index (χ1n) is 4.94. The van der Waals surface area contributed by atoms with Crippen LogP contribution in [0.1, 0.15) is 32.9 Å². The maximum Gasteiger partial charge on any atom is 0.157 e. The minimum absolute atomic E-state index is 0. The van der Waals surface area contributed by atoms with Gasteiger partial charge in [-0.2, -0.15) is 0 Å². The van der Waals surface area contributed by atoms with Crippen LogP contribution >= 0.6 is 0 Å². The number of aromatic hydroxyl groups is 2. The maximum atomic E-state index is 9.73. The molecule has 0 saturated heterocycles. The molecule has 4 heteroatoms. The van der Waals surface area contributed by atoms with Crippen LogP contribution < -0.4 is 5.32 Å². The predicted octanol–water partition coefficient (Wildman–Crippen LogP) is 1.77. The highest BCUT2D eigenvalue weighted by Gasteiger charge is 2.10. The molecule has 0 heterocycles. The van der Waals surface area contributed by atoms with Crippen LogP contribution in [0, 0.1) is 0 Å². The van der Waals surface area contributed by atoms with Crippen molar-refractivity contribution in [2.24, 2.45) is 0 Å². The molecule has 4 N–H and O–H groups in total. The van der Waals surface area contributed by atoms with E-state index in [9.17, 15) is 10.2 Å². The van der Waals surface area contributed by atoms with E-state index in [0.717, 1.165) is 0 Å². The number of nitrogens with one attached hydrogen (secondary N) is 1. The van der Waals surface area contributed by atoms with E-state index in [1.54, 1.807) is 6.07 Å². The lowest BCUT2D eigenvalue weighted by Crippen LogP contribution is -2.27. The second-order valence-electron chi connectivity index (χ2n) is 3.83. The van der Waals surface area contributed by atoms with Gasteiger partial charge in [-0.05, 0) is 17.7 Å². The first kappa shape index (κ1) is 14.7. The highest BCUT2D eigenvalue weighted by Crippen LogP contribution is 2.27. The Labute approximate surface area is 96.6 Å². The van der Waals surface area contributed by atoms with Crippen LogP contribution in [0.25, 0.3) is 0 Å². The van der Waals surface area contributed by atoms with Crippen molar-refractivity contribution in [2.75, 3.05) is 6.54 Å². The molecule has 0 aliphatic heterocycles. The molecule has 0 spiro atoms. The monoisotopic (exact) mass is 227 g/mol. The van der Waals surface area contributed by atoms with Crippen LogP contribution in [-0.4, -0.2) is 27.9 Å². The van der Waals surface area contributed by atoms with Crippen molar-refractivity contribution in [3.05, 3.63) is 23.8 Å². The van der Waals surface area contributed by atoms with Gasteiger partial charge in [-0.25, -0.2) is 0 Å². The SMILES string of the molecule is C.CC(C)NC[C@H](O)c1ccc(O)c(O)c1. The summed E-state index contributed by atoms with van der Waals surface area (Å²) in [6.45, 7) is 4.39. The lowest BCUT2D eigenvalue weighted by Gasteiger charge is -2.14. The van der Waals surface area contributed by atoms with Crippen LogP contribution in [0.15, 0.2) is 18.2 Å².